The molecule has 3 rings (SSSR count). The molecular weight excluding hydrogens is 260 g/mol. The summed E-state index contributed by atoms with van der Waals surface area (Å²) >= 11 is 0. The molecule has 3 unspecified atom stereocenters. The Kier molecular flexibility index (Phi) is 4.73. The molecule has 3 atom stereocenters. The maximum Gasteiger partial charge on any atom is 0.191 e. The molecule has 1 aromatic rings. The van der Waals surface area contributed by atoms with E-state index in [2.05, 4.69) is 20.6 Å². The molecule has 1 heterocycles. The van der Waals surface area contributed by atoms with Gasteiger partial charge in [-0.05, 0) is 55.6 Å². The third-order valence-electron chi connectivity index (χ3n) is 5.08. The number of pyridine rings is 1. The molecule has 4 heteroatoms. The number of aliphatic imine (C=N–C) groups is 1. The molecule has 0 aliphatic heterocycles. The van der Waals surface area contributed by atoms with Gasteiger partial charge < -0.3 is 10.6 Å². The molecule has 2 N–H and O–H groups in total. The number of nitrogens with zero attached hydrogens (tertiary/aromatic N) is 2. The molecule has 114 valence electrons. The summed E-state index contributed by atoms with van der Waals surface area (Å²) in [5.41, 5.74) is 1.04. The maximum atomic E-state index is 4.31. The Labute approximate surface area is 127 Å². The zero-order valence-electron chi connectivity index (χ0n) is 12.9. The first-order valence-electron chi connectivity index (χ1n) is 8.19. The van der Waals surface area contributed by atoms with Crippen LogP contribution in [0.5, 0.6) is 0 Å². The van der Waals surface area contributed by atoms with E-state index in [0.29, 0.717) is 6.54 Å². The number of aromatic nitrogens is 1. The van der Waals surface area contributed by atoms with Gasteiger partial charge in [0.2, 0.25) is 0 Å². The highest BCUT2D eigenvalue weighted by molar-refractivity contribution is 5.79. The molecule has 4 nitrogen and oxygen atoms in total. The van der Waals surface area contributed by atoms with Crippen LogP contribution in [0.1, 0.15) is 37.8 Å². The second kappa shape index (κ2) is 6.92. The molecule has 2 fully saturated rings. The Morgan fingerprint density at radius 1 is 1.29 bits per heavy atom. The van der Waals surface area contributed by atoms with Crippen molar-refractivity contribution in [3.63, 3.8) is 0 Å². The van der Waals surface area contributed by atoms with Crippen LogP contribution in [0, 0.1) is 17.8 Å². The van der Waals surface area contributed by atoms with Gasteiger partial charge in [0, 0.05) is 19.8 Å². The van der Waals surface area contributed by atoms with E-state index in [-0.39, 0.29) is 0 Å². The third-order valence-corrected chi connectivity index (χ3v) is 5.08. The summed E-state index contributed by atoms with van der Waals surface area (Å²) in [5, 5.41) is 6.76. The van der Waals surface area contributed by atoms with Gasteiger partial charge in [-0.2, -0.15) is 0 Å². The van der Waals surface area contributed by atoms with Gasteiger partial charge in [-0.1, -0.05) is 12.5 Å². The fourth-order valence-electron chi connectivity index (χ4n) is 4.00. The molecule has 21 heavy (non-hydrogen) atoms. The Bertz CT molecular complexity index is 471. The lowest BCUT2D eigenvalue weighted by atomic mass is 9.86. The van der Waals surface area contributed by atoms with Crippen molar-refractivity contribution in [2.45, 2.75) is 38.6 Å². The highest BCUT2D eigenvalue weighted by atomic mass is 15.2. The lowest BCUT2D eigenvalue weighted by molar-refractivity contribution is 0.315. The quantitative estimate of drug-likeness (QED) is 0.646. The third kappa shape index (κ3) is 3.74. The van der Waals surface area contributed by atoms with E-state index in [9.17, 15) is 0 Å². The van der Waals surface area contributed by atoms with Crippen LogP contribution in [-0.4, -0.2) is 24.5 Å². The molecule has 2 aliphatic carbocycles. The van der Waals surface area contributed by atoms with Crippen LogP contribution in [-0.2, 0) is 6.54 Å². The molecule has 0 amide bonds. The van der Waals surface area contributed by atoms with E-state index in [0.717, 1.165) is 36.0 Å². The predicted octanol–water partition coefficient (Wildman–Crippen LogP) is 2.57. The fraction of sp³-hybridized carbons (Fsp3) is 0.647. The summed E-state index contributed by atoms with van der Waals surface area (Å²) in [5.74, 6) is 3.89. The van der Waals surface area contributed by atoms with Crippen LogP contribution >= 0.6 is 0 Å². The van der Waals surface area contributed by atoms with Crippen LogP contribution in [0.4, 0.5) is 0 Å². The van der Waals surface area contributed by atoms with E-state index in [1.165, 1.54) is 32.1 Å². The van der Waals surface area contributed by atoms with Crippen molar-refractivity contribution in [1.82, 2.24) is 15.6 Å². The second-order valence-electron chi connectivity index (χ2n) is 6.40. The molecule has 2 aliphatic rings. The summed E-state index contributed by atoms with van der Waals surface area (Å²) in [7, 11) is 1.82. The molecule has 0 spiro atoms. The standard InChI is InChI=1S/C17H26N4/c1-18-17(21-12-16-4-2-3-8-19-16)20-9-7-15-11-13-5-6-14(15)10-13/h2-4,8,13-15H,5-7,9-12H2,1H3,(H2,18,20,21). The van der Waals surface area contributed by atoms with Gasteiger partial charge in [0.1, 0.15) is 0 Å². The zero-order valence-corrected chi connectivity index (χ0v) is 12.9. The molecule has 0 saturated heterocycles. The fourth-order valence-corrected chi connectivity index (χ4v) is 4.00. The van der Waals surface area contributed by atoms with E-state index in [1.54, 1.807) is 0 Å². The summed E-state index contributed by atoms with van der Waals surface area (Å²) < 4.78 is 0. The second-order valence-corrected chi connectivity index (χ2v) is 6.40. The minimum absolute atomic E-state index is 0.717. The first-order chi connectivity index (χ1) is 10.3. The monoisotopic (exact) mass is 286 g/mol. The number of guanidine groups is 1. The van der Waals surface area contributed by atoms with E-state index >= 15 is 0 Å². The highest BCUT2D eigenvalue weighted by Crippen LogP contribution is 2.49. The van der Waals surface area contributed by atoms with Gasteiger partial charge in [0.15, 0.2) is 5.96 Å². The van der Waals surface area contributed by atoms with Crippen LogP contribution in [0.15, 0.2) is 29.4 Å². The molecular formula is C17H26N4. The normalized spacial score (nSPS) is 27.9. The molecule has 1 aromatic heterocycles. The van der Waals surface area contributed by atoms with Crippen molar-refractivity contribution in [1.29, 1.82) is 0 Å². The predicted molar refractivity (Wildman–Crippen MR) is 86.0 cm³/mol. The Hall–Kier alpha value is -1.58. The molecule has 0 radical (unpaired) electrons. The Balaban J connectivity index is 1.37. The van der Waals surface area contributed by atoms with Crippen molar-refractivity contribution in [2.24, 2.45) is 22.7 Å². The largest absolute Gasteiger partial charge is 0.356 e. The van der Waals surface area contributed by atoms with Crippen LogP contribution < -0.4 is 10.6 Å². The first-order valence-corrected chi connectivity index (χ1v) is 8.19. The number of nitrogens with one attached hydrogen (secondary N) is 2. The van der Waals surface area contributed by atoms with Gasteiger partial charge in [-0.15, -0.1) is 0 Å². The smallest absolute Gasteiger partial charge is 0.191 e. The van der Waals surface area contributed by atoms with Crippen molar-refractivity contribution in [2.75, 3.05) is 13.6 Å². The average Bonchev–Trinajstić information content (AvgIpc) is 3.14. The van der Waals surface area contributed by atoms with Crippen molar-refractivity contribution < 1.29 is 0 Å². The lowest BCUT2D eigenvalue weighted by Gasteiger charge is -2.22. The summed E-state index contributed by atoms with van der Waals surface area (Å²) in [6, 6.07) is 5.97. The Morgan fingerprint density at radius 2 is 2.24 bits per heavy atom. The van der Waals surface area contributed by atoms with Gasteiger partial charge >= 0.3 is 0 Å². The topological polar surface area (TPSA) is 49.3 Å². The molecule has 0 aromatic carbocycles. The van der Waals surface area contributed by atoms with E-state index in [1.807, 2.05) is 31.4 Å². The maximum absolute atomic E-state index is 4.31. The summed E-state index contributed by atoms with van der Waals surface area (Å²) in [6.45, 7) is 1.74. The van der Waals surface area contributed by atoms with Crippen LogP contribution in [0.3, 0.4) is 0 Å². The molecule has 2 bridgehead atoms. The van der Waals surface area contributed by atoms with Crippen LogP contribution in [0.25, 0.3) is 0 Å². The van der Waals surface area contributed by atoms with Gasteiger partial charge in [0.25, 0.3) is 0 Å². The highest BCUT2D eigenvalue weighted by Gasteiger charge is 2.38. The van der Waals surface area contributed by atoms with E-state index in [4.69, 9.17) is 0 Å². The van der Waals surface area contributed by atoms with Crippen molar-refractivity contribution in [3.05, 3.63) is 30.1 Å². The van der Waals surface area contributed by atoms with Crippen molar-refractivity contribution in [3.8, 4) is 0 Å². The van der Waals surface area contributed by atoms with Crippen molar-refractivity contribution >= 4 is 5.96 Å². The lowest BCUT2D eigenvalue weighted by Crippen LogP contribution is -2.38. The minimum Gasteiger partial charge on any atom is -0.356 e. The van der Waals surface area contributed by atoms with Gasteiger partial charge in [-0.3, -0.25) is 9.98 Å². The van der Waals surface area contributed by atoms with Crippen LogP contribution in [0.2, 0.25) is 0 Å². The SMILES string of the molecule is CN=C(NCCC1CC2CCC1C2)NCc1ccccn1. The number of fused-ring (bicyclic) bond motifs is 2. The average molecular weight is 286 g/mol. The van der Waals surface area contributed by atoms with E-state index < -0.39 is 0 Å². The Morgan fingerprint density at radius 3 is 2.90 bits per heavy atom. The number of hydrogen-bond acceptors (Lipinski definition) is 2. The molecule has 2 saturated carbocycles. The number of hydrogen-bond donors (Lipinski definition) is 2. The minimum atomic E-state index is 0.717. The van der Waals surface area contributed by atoms with Gasteiger partial charge in [0.05, 0.1) is 12.2 Å². The number of rotatable bonds is 5. The summed E-state index contributed by atoms with van der Waals surface area (Å²) in [4.78, 5) is 8.59. The zero-order chi connectivity index (χ0) is 14.5. The summed E-state index contributed by atoms with van der Waals surface area (Å²) in [6.07, 6.45) is 9.03. The first kappa shape index (κ1) is 14.4. The van der Waals surface area contributed by atoms with Gasteiger partial charge in [-0.25, -0.2) is 0 Å².